The van der Waals surface area contributed by atoms with Gasteiger partial charge < -0.3 is 18.9 Å². The Bertz CT molecular complexity index is 1980. The third-order valence-corrected chi connectivity index (χ3v) is 16.1. The van der Waals surface area contributed by atoms with Gasteiger partial charge in [-0.2, -0.15) is 0 Å². The van der Waals surface area contributed by atoms with Crippen LogP contribution < -0.4 is 0 Å². The lowest BCUT2D eigenvalue weighted by Crippen LogP contribution is -2.47. The average Bonchev–Trinajstić information content (AvgIpc) is 3.68. The summed E-state index contributed by atoms with van der Waals surface area (Å²) in [7, 11) is 0. The Hall–Kier alpha value is -4.00. The summed E-state index contributed by atoms with van der Waals surface area (Å²) in [6.07, 6.45) is 1.90. The highest BCUT2D eigenvalue weighted by Crippen LogP contribution is 2.47. The summed E-state index contributed by atoms with van der Waals surface area (Å²) < 4.78 is 23.5. The lowest BCUT2D eigenvalue weighted by atomic mass is 9.88. The molecule has 2 aromatic carbocycles. The molecule has 2 aromatic rings. The van der Waals surface area contributed by atoms with E-state index in [0.717, 1.165) is 20.3 Å². The number of carbonyl (C=O) groups is 4. The highest BCUT2D eigenvalue weighted by molar-refractivity contribution is 6.00. The van der Waals surface area contributed by atoms with Crippen LogP contribution in [0.1, 0.15) is 178 Å². The van der Waals surface area contributed by atoms with Crippen LogP contribution in [0, 0.1) is 23.7 Å². The fourth-order valence-electron chi connectivity index (χ4n) is 11.7. The molecule has 4 fully saturated rings. The molecule has 374 valence electrons. The Labute approximate surface area is 402 Å². The first-order valence-corrected chi connectivity index (χ1v) is 23.9. The molecular weight excluding hydrogens is 873 g/mol. The third-order valence-electron chi connectivity index (χ3n) is 16.1. The summed E-state index contributed by atoms with van der Waals surface area (Å²) in [4.78, 5) is 56.3. The summed E-state index contributed by atoms with van der Waals surface area (Å²) in [5.74, 6) is -4.35. The van der Waals surface area contributed by atoms with Gasteiger partial charge in [-0.1, -0.05) is 0 Å². The summed E-state index contributed by atoms with van der Waals surface area (Å²) in [6, 6.07) is 8.64. The molecule has 0 N–H and O–H groups in total. The van der Waals surface area contributed by atoms with Gasteiger partial charge in [0.25, 0.3) is 0 Å². The van der Waals surface area contributed by atoms with Gasteiger partial charge in [0.2, 0.25) is 0 Å². The van der Waals surface area contributed by atoms with Crippen LogP contribution in [0.15, 0.2) is 36.4 Å². The van der Waals surface area contributed by atoms with Gasteiger partial charge in [-0.25, -0.2) is 19.2 Å². The van der Waals surface area contributed by atoms with Gasteiger partial charge in [-0.3, -0.25) is 0 Å². The molecule has 0 spiro atoms. The molecule has 16 nitrogen and oxygen atoms in total. The Morgan fingerprint density at radius 2 is 0.544 bits per heavy atom. The average molecular weight is 947 g/mol. The smallest absolute Gasteiger partial charge is 0.338 e. The molecule has 4 aliphatic rings. The maximum Gasteiger partial charge on any atom is 0.338 e. The summed E-state index contributed by atoms with van der Waals surface area (Å²) in [6.45, 7) is 28.9. The number of esters is 4. The van der Waals surface area contributed by atoms with E-state index in [2.05, 4.69) is 0 Å². The van der Waals surface area contributed by atoms with Crippen LogP contribution in [-0.2, 0) is 39.8 Å². The molecule has 4 aliphatic heterocycles. The Morgan fingerprint density at radius 3 is 0.691 bits per heavy atom. The second-order valence-electron chi connectivity index (χ2n) is 24.6. The van der Waals surface area contributed by atoms with Crippen molar-refractivity contribution in [2.45, 2.75) is 181 Å². The maximum atomic E-state index is 14.1. The predicted octanol–water partition coefficient (Wildman–Crippen LogP) is 8.88. The minimum absolute atomic E-state index is 0.0323. The van der Waals surface area contributed by atoms with Gasteiger partial charge >= 0.3 is 23.9 Å². The number of carbonyl (C=O) groups excluding carboxylic acids is 4. The quantitative estimate of drug-likeness (QED) is 0.137. The van der Waals surface area contributed by atoms with E-state index in [1.165, 1.54) is 36.4 Å². The summed E-state index contributed by atoms with van der Waals surface area (Å²) in [5.41, 5.74) is -5.71. The molecule has 68 heavy (non-hydrogen) atoms. The van der Waals surface area contributed by atoms with Gasteiger partial charge in [0.05, 0.1) is 70.8 Å². The lowest BCUT2D eigenvalue weighted by Gasteiger charge is -2.33. The fraction of sp³-hybridized carbons (Fsp3) is 0.692. The van der Waals surface area contributed by atoms with Crippen molar-refractivity contribution in [3.63, 3.8) is 0 Å². The van der Waals surface area contributed by atoms with E-state index in [1.54, 1.807) is 0 Å². The van der Waals surface area contributed by atoms with Crippen molar-refractivity contribution in [1.82, 2.24) is 20.3 Å². The molecule has 0 bridgehead atoms. The van der Waals surface area contributed by atoms with E-state index in [0.29, 0.717) is 25.7 Å². The van der Waals surface area contributed by atoms with Crippen molar-refractivity contribution in [2.75, 3.05) is 26.4 Å². The summed E-state index contributed by atoms with van der Waals surface area (Å²) in [5, 5.41) is 56.8. The van der Waals surface area contributed by atoms with Crippen molar-refractivity contribution >= 4 is 23.9 Å². The second-order valence-corrected chi connectivity index (χ2v) is 24.6. The Balaban J connectivity index is 1.37. The van der Waals surface area contributed by atoms with Crippen LogP contribution in [-0.4, -0.2) is 115 Å². The largest absolute Gasteiger partial charge is 0.462 e. The third kappa shape index (κ3) is 9.99. The minimum Gasteiger partial charge on any atom is -0.462 e. The number of nitrogens with zero attached hydrogens (tertiary/aromatic N) is 4. The highest BCUT2D eigenvalue weighted by atomic mass is 16.6. The molecule has 4 radical (unpaired) electrons. The monoisotopic (exact) mass is 947 g/mol. The Kier molecular flexibility index (Phi) is 14.1. The molecule has 16 heteroatoms. The van der Waals surface area contributed by atoms with Crippen molar-refractivity contribution in [3.8, 4) is 11.1 Å². The Morgan fingerprint density at radius 1 is 0.368 bits per heavy atom. The SMILES string of the molecule is CC1(C)CC(COC(=O)c2cc(C(=O)OCC3CC(C)(C)N([O])C3(C)C)cc(-c3cc(C(=O)OCC4CC(C)(C)N([O])C4(C)C)cc(C(=O)OCC4CC(C)(C)N([O])C4(C)C)c3)c2)C(C)(C)N1[O]. The molecule has 0 amide bonds. The zero-order valence-corrected chi connectivity index (χ0v) is 43.1. The van der Waals surface area contributed by atoms with E-state index in [9.17, 15) is 40.0 Å². The topological polar surface area (TPSA) is 198 Å². The van der Waals surface area contributed by atoms with Crippen molar-refractivity contribution < 1.29 is 59.0 Å². The highest BCUT2D eigenvalue weighted by Gasteiger charge is 2.56. The molecule has 6 rings (SSSR count). The van der Waals surface area contributed by atoms with Gasteiger partial charge in [-0.15, -0.1) is 41.1 Å². The van der Waals surface area contributed by atoms with E-state index in [4.69, 9.17) is 18.9 Å². The zero-order valence-electron chi connectivity index (χ0n) is 43.1. The molecule has 4 saturated heterocycles. The van der Waals surface area contributed by atoms with Crippen LogP contribution in [0.4, 0.5) is 0 Å². The number of hydrogen-bond donors (Lipinski definition) is 0. The fourth-order valence-corrected chi connectivity index (χ4v) is 11.7. The van der Waals surface area contributed by atoms with Crippen LogP contribution in [0.25, 0.3) is 11.1 Å². The number of ether oxygens (including phenoxy) is 4. The van der Waals surface area contributed by atoms with Crippen LogP contribution in [0.5, 0.6) is 0 Å². The molecule has 4 unspecified atom stereocenters. The minimum atomic E-state index is -0.834. The number of hydrogen-bond acceptors (Lipinski definition) is 12. The zero-order chi connectivity index (χ0) is 51.1. The van der Waals surface area contributed by atoms with Gasteiger partial charge in [-0.05, 0) is 184 Å². The van der Waals surface area contributed by atoms with E-state index in [-0.39, 0.29) is 83.5 Å². The number of hydroxylamine groups is 8. The van der Waals surface area contributed by atoms with Gasteiger partial charge in [0.1, 0.15) is 0 Å². The number of benzene rings is 2. The number of rotatable bonds is 13. The maximum absolute atomic E-state index is 14.1. The normalized spacial score (nSPS) is 27.8. The van der Waals surface area contributed by atoms with E-state index >= 15 is 0 Å². The van der Waals surface area contributed by atoms with Crippen LogP contribution in [0.3, 0.4) is 0 Å². The first kappa shape index (κ1) is 53.4. The first-order chi connectivity index (χ1) is 31.0. The molecule has 4 atom stereocenters. The van der Waals surface area contributed by atoms with E-state index < -0.39 is 68.2 Å². The summed E-state index contributed by atoms with van der Waals surface area (Å²) >= 11 is 0. The predicted molar refractivity (Wildman–Crippen MR) is 248 cm³/mol. The molecule has 4 heterocycles. The molecule has 0 aromatic heterocycles. The van der Waals surface area contributed by atoms with E-state index in [1.807, 2.05) is 111 Å². The van der Waals surface area contributed by atoms with Crippen LogP contribution in [0.2, 0.25) is 0 Å². The van der Waals surface area contributed by atoms with Crippen molar-refractivity contribution in [2.24, 2.45) is 23.7 Å². The lowest BCUT2D eigenvalue weighted by molar-refractivity contribution is -0.249. The van der Waals surface area contributed by atoms with Gasteiger partial charge in [0.15, 0.2) is 0 Å². The van der Waals surface area contributed by atoms with Crippen LogP contribution >= 0.6 is 0 Å². The molecular formula is C52H74N4O12. The first-order valence-electron chi connectivity index (χ1n) is 23.9. The van der Waals surface area contributed by atoms with Crippen molar-refractivity contribution in [1.29, 1.82) is 0 Å². The van der Waals surface area contributed by atoms with Crippen molar-refractivity contribution in [3.05, 3.63) is 58.7 Å². The molecule has 0 saturated carbocycles. The standard InChI is InChI=1S/C52H74N4O12/c1-45(2)23-37(49(9,10)53(45)61)27-65-41(57)33-17-31(18-34(21-33)42(58)66-28-38-24-46(3,4)54(62)50(38,11)12)32-19-35(43(59)67-29-39-25-47(5,6)55(63)51(39,13)14)22-36(20-32)44(60)68-30-40-26-48(7,8)56(64)52(40,15)16/h17-22,37-40H,23-30H2,1-16H3. The van der Waals surface area contributed by atoms with Gasteiger partial charge in [0, 0.05) is 45.8 Å². The second kappa shape index (κ2) is 18.0. The molecule has 0 aliphatic carbocycles.